The molecule has 0 amide bonds. The molecule has 0 atom stereocenters. The monoisotopic (exact) mass is 534 g/mol. The van der Waals surface area contributed by atoms with E-state index in [4.69, 9.17) is 8.83 Å². The van der Waals surface area contributed by atoms with Crippen molar-refractivity contribution in [2.45, 2.75) is 0 Å². The van der Waals surface area contributed by atoms with Crippen molar-refractivity contribution in [3.63, 3.8) is 0 Å². The molecular formula is C40H22O2. The molecule has 0 unspecified atom stereocenters. The van der Waals surface area contributed by atoms with Crippen LogP contribution in [0.5, 0.6) is 0 Å². The van der Waals surface area contributed by atoms with Crippen molar-refractivity contribution in [3.05, 3.63) is 133 Å². The molecule has 2 nitrogen and oxygen atoms in total. The Morgan fingerprint density at radius 2 is 0.786 bits per heavy atom. The molecule has 0 saturated heterocycles. The van der Waals surface area contributed by atoms with Gasteiger partial charge in [0.05, 0.1) is 0 Å². The van der Waals surface area contributed by atoms with Gasteiger partial charge in [-0.3, -0.25) is 0 Å². The molecule has 10 aromatic rings. The fraction of sp³-hybridized carbons (Fsp3) is 0. The molecular weight excluding hydrogens is 512 g/mol. The van der Waals surface area contributed by atoms with E-state index in [0.717, 1.165) is 66.1 Å². The molecule has 2 aromatic heterocycles. The Hall–Kier alpha value is -5.60. The van der Waals surface area contributed by atoms with Crippen molar-refractivity contribution in [1.29, 1.82) is 0 Å². The first kappa shape index (κ1) is 22.1. The van der Waals surface area contributed by atoms with E-state index in [2.05, 4.69) is 121 Å². The van der Waals surface area contributed by atoms with Crippen LogP contribution in [0.15, 0.2) is 142 Å². The largest absolute Gasteiger partial charge is 0.455 e. The minimum absolute atomic E-state index is 0.907. The maximum Gasteiger partial charge on any atom is 0.143 e. The second-order valence-electron chi connectivity index (χ2n) is 11.2. The number of para-hydroxylation sites is 4. The predicted molar refractivity (Wildman–Crippen MR) is 176 cm³/mol. The van der Waals surface area contributed by atoms with Crippen LogP contribution in [0.3, 0.4) is 0 Å². The van der Waals surface area contributed by atoms with Crippen LogP contribution in [0.2, 0.25) is 0 Å². The first-order valence-electron chi connectivity index (χ1n) is 14.4. The summed E-state index contributed by atoms with van der Waals surface area (Å²) >= 11 is 0. The van der Waals surface area contributed by atoms with Crippen LogP contribution < -0.4 is 0 Å². The van der Waals surface area contributed by atoms with Crippen LogP contribution in [-0.4, -0.2) is 0 Å². The number of furan rings is 2. The van der Waals surface area contributed by atoms with E-state index >= 15 is 0 Å². The van der Waals surface area contributed by atoms with E-state index in [1.54, 1.807) is 0 Å². The average Bonchev–Trinajstić information content (AvgIpc) is 3.62. The van der Waals surface area contributed by atoms with Crippen LogP contribution >= 0.6 is 0 Å². The molecule has 0 spiro atoms. The predicted octanol–water partition coefficient (Wildman–Crippen LogP) is 11.7. The Labute approximate surface area is 240 Å². The Morgan fingerprint density at radius 1 is 0.310 bits per heavy atom. The van der Waals surface area contributed by atoms with Gasteiger partial charge in [-0.15, -0.1) is 0 Å². The molecule has 8 aromatic carbocycles. The highest BCUT2D eigenvalue weighted by molar-refractivity contribution is 6.29. The first-order chi connectivity index (χ1) is 20.8. The lowest BCUT2D eigenvalue weighted by Gasteiger charge is -2.18. The van der Waals surface area contributed by atoms with Crippen LogP contribution in [0.1, 0.15) is 0 Å². The number of hydrogen-bond acceptors (Lipinski definition) is 2. The van der Waals surface area contributed by atoms with E-state index in [1.807, 2.05) is 12.1 Å². The van der Waals surface area contributed by atoms with Crippen LogP contribution in [0, 0.1) is 0 Å². The molecule has 0 fully saturated rings. The highest BCUT2D eigenvalue weighted by Gasteiger charge is 2.21. The first-order valence-corrected chi connectivity index (χ1v) is 14.4. The van der Waals surface area contributed by atoms with E-state index in [1.165, 1.54) is 32.3 Å². The van der Waals surface area contributed by atoms with Crippen LogP contribution in [0.4, 0.5) is 0 Å². The number of benzene rings is 8. The van der Waals surface area contributed by atoms with E-state index in [-0.39, 0.29) is 0 Å². The van der Waals surface area contributed by atoms with Gasteiger partial charge in [0.15, 0.2) is 0 Å². The Kier molecular flexibility index (Phi) is 4.21. The smallest absolute Gasteiger partial charge is 0.143 e. The van der Waals surface area contributed by atoms with Gasteiger partial charge in [0.25, 0.3) is 0 Å². The normalized spacial score (nSPS) is 12.3. The summed E-state index contributed by atoms with van der Waals surface area (Å²) in [4.78, 5) is 0. The summed E-state index contributed by atoms with van der Waals surface area (Å²) in [6, 6.07) is 47.6. The molecule has 0 saturated carbocycles. The lowest BCUT2D eigenvalue weighted by Crippen LogP contribution is -1.91. The van der Waals surface area contributed by atoms with Crippen molar-refractivity contribution in [1.82, 2.24) is 0 Å². The summed E-state index contributed by atoms with van der Waals surface area (Å²) in [5, 5.41) is 12.1. The molecule has 2 heteroatoms. The summed E-state index contributed by atoms with van der Waals surface area (Å²) in [7, 11) is 0. The second-order valence-corrected chi connectivity index (χ2v) is 11.2. The van der Waals surface area contributed by atoms with Gasteiger partial charge in [-0.05, 0) is 61.6 Å². The van der Waals surface area contributed by atoms with Crippen molar-refractivity contribution in [2.24, 2.45) is 0 Å². The van der Waals surface area contributed by atoms with Gasteiger partial charge in [0.1, 0.15) is 22.3 Å². The lowest BCUT2D eigenvalue weighted by atomic mass is 9.85. The van der Waals surface area contributed by atoms with Gasteiger partial charge in [0, 0.05) is 32.7 Å². The third kappa shape index (κ3) is 2.83. The Morgan fingerprint density at radius 3 is 1.33 bits per heavy atom. The van der Waals surface area contributed by atoms with Gasteiger partial charge >= 0.3 is 0 Å². The minimum Gasteiger partial charge on any atom is -0.455 e. The van der Waals surface area contributed by atoms with Gasteiger partial charge < -0.3 is 8.83 Å². The third-order valence-electron chi connectivity index (χ3n) is 9.03. The zero-order valence-corrected chi connectivity index (χ0v) is 22.5. The fourth-order valence-electron chi connectivity index (χ4n) is 7.20. The molecule has 0 aliphatic rings. The molecule has 194 valence electrons. The molecule has 0 radical (unpaired) electrons. The second kappa shape index (κ2) is 7.99. The summed E-state index contributed by atoms with van der Waals surface area (Å²) < 4.78 is 13.1. The highest BCUT2D eigenvalue weighted by Crippen LogP contribution is 2.47. The van der Waals surface area contributed by atoms with Gasteiger partial charge in [-0.25, -0.2) is 0 Å². The number of rotatable bonds is 2. The summed E-state index contributed by atoms with van der Waals surface area (Å²) in [6.07, 6.45) is 0. The molecule has 0 N–H and O–H groups in total. The molecule has 2 heterocycles. The fourth-order valence-corrected chi connectivity index (χ4v) is 7.20. The highest BCUT2D eigenvalue weighted by atomic mass is 16.3. The number of hydrogen-bond donors (Lipinski definition) is 0. The quantitative estimate of drug-likeness (QED) is 0.206. The molecule has 42 heavy (non-hydrogen) atoms. The Bertz CT molecular complexity index is 2510. The molecule has 0 aliphatic carbocycles. The average molecular weight is 535 g/mol. The topological polar surface area (TPSA) is 26.3 Å². The lowest BCUT2D eigenvalue weighted by molar-refractivity contribution is 0.670. The van der Waals surface area contributed by atoms with Gasteiger partial charge in [-0.2, -0.15) is 0 Å². The van der Waals surface area contributed by atoms with E-state index in [9.17, 15) is 0 Å². The van der Waals surface area contributed by atoms with Crippen LogP contribution in [0.25, 0.3) is 98.4 Å². The third-order valence-corrected chi connectivity index (χ3v) is 9.03. The maximum atomic E-state index is 6.57. The zero-order chi connectivity index (χ0) is 27.4. The minimum atomic E-state index is 0.907. The molecule has 10 rings (SSSR count). The van der Waals surface area contributed by atoms with Gasteiger partial charge in [0.2, 0.25) is 0 Å². The zero-order valence-electron chi connectivity index (χ0n) is 22.5. The van der Waals surface area contributed by atoms with Crippen molar-refractivity contribution in [3.8, 4) is 22.3 Å². The molecule has 0 aliphatic heterocycles. The van der Waals surface area contributed by atoms with Crippen molar-refractivity contribution in [2.75, 3.05) is 0 Å². The Balaban J connectivity index is 1.40. The summed E-state index contributed by atoms with van der Waals surface area (Å²) in [6.45, 7) is 0. The standard InChI is InChI=1S/C40H22O2/c1-3-16-35-25(10-1)29-12-6-14-31(39(29)41-35)33-22-34(32-15-7-13-30-26-11-2-4-17-36(26)42-40(30)32)28-21-19-24-9-5-8-23-18-20-27(33)38(28)37(23)24/h1-22H. The summed E-state index contributed by atoms with van der Waals surface area (Å²) in [5.41, 5.74) is 8.17. The maximum absolute atomic E-state index is 6.57. The van der Waals surface area contributed by atoms with Gasteiger partial charge in [-0.1, -0.05) is 115 Å². The van der Waals surface area contributed by atoms with E-state index in [0.29, 0.717) is 0 Å². The molecule has 0 bridgehead atoms. The van der Waals surface area contributed by atoms with Crippen LogP contribution in [-0.2, 0) is 0 Å². The van der Waals surface area contributed by atoms with Crippen molar-refractivity contribution < 1.29 is 8.83 Å². The SMILES string of the molecule is c1cc2ccc3c(-c4cccc5c4oc4ccccc45)cc(-c4cccc5c4oc4ccccc45)c4ccc(c1)c2c34. The van der Waals surface area contributed by atoms with E-state index < -0.39 is 0 Å². The summed E-state index contributed by atoms with van der Waals surface area (Å²) in [5.74, 6) is 0. The van der Waals surface area contributed by atoms with Crippen molar-refractivity contribution >= 4 is 76.2 Å². The number of fused-ring (bicyclic) bond motifs is 6.